The number of hydrogen-bond donors (Lipinski definition) is 1. The molecule has 0 bridgehead atoms. The van der Waals surface area contributed by atoms with Crippen molar-refractivity contribution in [2.45, 2.75) is 32.2 Å². The zero-order chi connectivity index (χ0) is 11.7. The van der Waals surface area contributed by atoms with Gasteiger partial charge in [-0.05, 0) is 43.5 Å². The van der Waals surface area contributed by atoms with Crippen LogP contribution in [-0.4, -0.2) is 19.8 Å². The van der Waals surface area contributed by atoms with Gasteiger partial charge < -0.3 is 14.8 Å². The van der Waals surface area contributed by atoms with Crippen molar-refractivity contribution in [3.8, 4) is 11.5 Å². The first-order valence-corrected chi connectivity index (χ1v) is 6.48. The van der Waals surface area contributed by atoms with Crippen LogP contribution in [0.3, 0.4) is 0 Å². The van der Waals surface area contributed by atoms with E-state index >= 15 is 0 Å². The molecular formula is C14H19NO2. The Balaban J connectivity index is 1.92. The summed E-state index contributed by atoms with van der Waals surface area (Å²) in [5, 5.41) is 3.57. The predicted molar refractivity (Wildman–Crippen MR) is 66.8 cm³/mol. The van der Waals surface area contributed by atoms with Gasteiger partial charge in [-0.15, -0.1) is 0 Å². The van der Waals surface area contributed by atoms with Crippen molar-refractivity contribution in [1.29, 1.82) is 0 Å². The average Bonchev–Trinajstić information content (AvgIpc) is 2.40. The van der Waals surface area contributed by atoms with Crippen LogP contribution in [0.1, 0.15) is 36.4 Å². The molecule has 0 radical (unpaired) electrons. The third kappa shape index (κ3) is 2.12. The van der Waals surface area contributed by atoms with Gasteiger partial charge in [-0.25, -0.2) is 0 Å². The fraction of sp³-hybridized carbons (Fsp3) is 0.571. The standard InChI is InChI=1S/C14H19NO2/c1-10-8-11(12-4-2-3-5-15-12)9-13-14(10)17-7-6-16-13/h8-9,12,15H,2-7H2,1H3. The minimum Gasteiger partial charge on any atom is -0.486 e. The normalized spacial score (nSPS) is 23.5. The molecule has 3 heteroatoms. The Hall–Kier alpha value is -1.22. The van der Waals surface area contributed by atoms with Crippen LogP contribution < -0.4 is 14.8 Å². The largest absolute Gasteiger partial charge is 0.486 e. The first-order chi connectivity index (χ1) is 8.34. The molecule has 0 amide bonds. The minimum atomic E-state index is 0.485. The maximum atomic E-state index is 5.68. The number of ether oxygens (including phenoxy) is 2. The molecule has 1 saturated heterocycles. The van der Waals surface area contributed by atoms with Gasteiger partial charge in [0.25, 0.3) is 0 Å². The zero-order valence-corrected chi connectivity index (χ0v) is 10.3. The molecule has 1 unspecified atom stereocenters. The molecule has 17 heavy (non-hydrogen) atoms. The summed E-state index contributed by atoms with van der Waals surface area (Å²) in [6.45, 7) is 4.54. The number of fused-ring (bicyclic) bond motifs is 1. The Kier molecular flexibility index (Phi) is 2.93. The molecule has 92 valence electrons. The van der Waals surface area contributed by atoms with E-state index in [0.717, 1.165) is 18.0 Å². The van der Waals surface area contributed by atoms with E-state index in [-0.39, 0.29) is 0 Å². The van der Waals surface area contributed by atoms with Crippen molar-refractivity contribution in [3.63, 3.8) is 0 Å². The maximum absolute atomic E-state index is 5.68. The number of piperidine rings is 1. The van der Waals surface area contributed by atoms with Crippen molar-refractivity contribution >= 4 is 0 Å². The molecule has 2 aliphatic rings. The van der Waals surface area contributed by atoms with Crippen molar-refractivity contribution in [3.05, 3.63) is 23.3 Å². The SMILES string of the molecule is Cc1cc(C2CCCCN2)cc2c1OCCO2. The summed E-state index contributed by atoms with van der Waals surface area (Å²) in [5.74, 6) is 1.84. The van der Waals surface area contributed by atoms with Crippen LogP contribution in [0.4, 0.5) is 0 Å². The molecule has 1 atom stereocenters. The van der Waals surface area contributed by atoms with Crippen LogP contribution in [0.25, 0.3) is 0 Å². The smallest absolute Gasteiger partial charge is 0.164 e. The first kappa shape index (κ1) is 10.9. The monoisotopic (exact) mass is 233 g/mol. The van der Waals surface area contributed by atoms with Gasteiger partial charge in [-0.2, -0.15) is 0 Å². The summed E-state index contributed by atoms with van der Waals surface area (Å²) in [6.07, 6.45) is 3.82. The highest BCUT2D eigenvalue weighted by molar-refractivity contribution is 5.50. The fourth-order valence-electron chi connectivity index (χ4n) is 2.69. The maximum Gasteiger partial charge on any atom is 0.164 e. The highest BCUT2D eigenvalue weighted by Gasteiger charge is 2.20. The summed E-state index contributed by atoms with van der Waals surface area (Å²) in [7, 11) is 0. The quantitative estimate of drug-likeness (QED) is 0.808. The third-order valence-electron chi connectivity index (χ3n) is 3.56. The Bertz CT molecular complexity index is 411. The van der Waals surface area contributed by atoms with Gasteiger partial charge in [-0.3, -0.25) is 0 Å². The van der Waals surface area contributed by atoms with Gasteiger partial charge in [0.15, 0.2) is 11.5 Å². The van der Waals surface area contributed by atoms with Gasteiger partial charge in [0.1, 0.15) is 13.2 Å². The average molecular weight is 233 g/mol. The molecule has 2 heterocycles. The van der Waals surface area contributed by atoms with Gasteiger partial charge >= 0.3 is 0 Å². The number of nitrogens with one attached hydrogen (secondary N) is 1. The number of aryl methyl sites for hydroxylation is 1. The number of rotatable bonds is 1. The van der Waals surface area contributed by atoms with E-state index in [1.807, 2.05) is 0 Å². The second-order valence-electron chi connectivity index (χ2n) is 4.86. The Morgan fingerprint density at radius 2 is 2.06 bits per heavy atom. The molecule has 3 nitrogen and oxygen atoms in total. The Morgan fingerprint density at radius 1 is 1.18 bits per heavy atom. The molecule has 0 aromatic heterocycles. The molecule has 1 N–H and O–H groups in total. The first-order valence-electron chi connectivity index (χ1n) is 6.48. The van der Waals surface area contributed by atoms with Crippen molar-refractivity contribution in [2.75, 3.05) is 19.8 Å². The van der Waals surface area contributed by atoms with Crippen LogP contribution in [0.15, 0.2) is 12.1 Å². The van der Waals surface area contributed by atoms with Crippen molar-refractivity contribution in [2.24, 2.45) is 0 Å². The summed E-state index contributed by atoms with van der Waals surface area (Å²) >= 11 is 0. The van der Waals surface area contributed by atoms with Crippen LogP contribution in [-0.2, 0) is 0 Å². The minimum absolute atomic E-state index is 0.485. The van der Waals surface area contributed by atoms with Gasteiger partial charge in [-0.1, -0.05) is 12.5 Å². The van der Waals surface area contributed by atoms with Crippen LogP contribution >= 0.6 is 0 Å². The fourth-order valence-corrected chi connectivity index (χ4v) is 2.69. The van der Waals surface area contributed by atoms with Crippen molar-refractivity contribution < 1.29 is 9.47 Å². The Labute approximate surface area is 102 Å². The highest BCUT2D eigenvalue weighted by atomic mass is 16.6. The predicted octanol–water partition coefficient (Wildman–Crippen LogP) is 2.58. The van der Waals surface area contributed by atoms with E-state index < -0.39 is 0 Å². The number of hydrogen-bond acceptors (Lipinski definition) is 3. The zero-order valence-electron chi connectivity index (χ0n) is 10.3. The molecule has 1 fully saturated rings. The molecule has 0 saturated carbocycles. The summed E-state index contributed by atoms with van der Waals surface area (Å²) in [6, 6.07) is 4.86. The molecule has 1 aromatic carbocycles. The summed E-state index contributed by atoms with van der Waals surface area (Å²) in [5.41, 5.74) is 2.52. The van der Waals surface area contributed by atoms with Crippen LogP contribution in [0.5, 0.6) is 11.5 Å². The summed E-state index contributed by atoms with van der Waals surface area (Å²) < 4.78 is 11.3. The molecular weight excluding hydrogens is 214 g/mol. The lowest BCUT2D eigenvalue weighted by Crippen LogP contribution is -2.27. The van der Waals surface area contributed by atoms with Gasteiger partial charge in [0.2, 0.25) is 0 Å². The number of benzene rings is 1. The van der Waals surface area contributed by atoms with Crippen molar-refractivity contribution in [1.82, 2.24) is 5.32 Å². The van der Waals surface area contributed by atoms with Gasteiger partial charge in [0, 0.05) is 6.04 Å². The van der Waals surface area contributed by atoms with E-state index in [0.29, 0.717) is 19.3 Å². The molecule has 1 aromatic rings. The Morgan fingerprint density at radius 3 is 2.88 bits per heavy atom. The van der Waals surface area contributed by atoms with Crippen LogP contribution in [0.2, 0.25) is 0 Å². The lowest BCUT2D eigenvalue weighted by Gasteiger charge is -2.27. The topological polar surface area (TPSA) is 30.5 Å². The summed E-state index contributed by atoms with van der Waals surface area (Å²) in [4.78, 5) is 0. The van der Waals surface area contributed by atoms with E-state index in [1.165, 1.54) is 30.4 Å². The van der Waals surface area contributed by atoms with E-state index in [2.05, 4.69) is 24.4 Å². The van der Waals surface area contributed by atoms with E-state index in [9.17, 15) is 0 Å². The molecule has 2 aliphatic heterocycles. The second-order valence-corrected chi connectivity index (χ2v) is 4.86. The molecule has 3 rings (SSSR count). The van der Waals surface area contributed by atoms with Gasteiger partial charge in [0.05, 0.1) is 0 Å². The van der Waals surface area contributed by atoms with E-state index in [1.54, 1.807) is 0 Å². The van der Waals surface area contributed by atoms with Crippen LogP contribution in [0, 0.1) is 6.92 Å². The molecule has 0 aliphatic carbocycles. The lowest BCUT2D eigenvalue weighted by atomic mass is 9.95. The third-order valence-corrected chi connectivity index (χ3v) is 3.56. The molecule has 0 spiro atoms. The van der Waals surface area contributed by atoms with E-state index in [4.69, 9.17) is 9.47 Å². The lowest BCUT2D eigenvalue weighted by molar-refractivity contribution is 0.170. The highest BCUT2D eigenvalue weighted by Crippen LogP contribution is 2.37. The second kappa shape index (κ2) is 4.57.